The molecule has 0 aliphatic carbocycles. The molecule has 1 heterocycles. The second kappa shape index (κ2) is 8.76. The maximum absolute atomic E-state index is 2.35. The van der Waals surface area contributed by atoms with E-state index < -0.39 is 0 Å². The SMILES string of the molecule is c1ccc2cc(-c3c4ccccc4c(-c4cccc5sc6c7ccccc7ccc6c45)c4ccccc34)ccc2c1. The molecule has 8 aromatic carbocycles. The lowest BCUT2D eigenvalue weighted by Crippen LogP contribution is -1.91. The van der Waals surface area contributed by atoms with Gasteiger partial charge in [-0.05, 0) is 77.5 Å². The van der Waals surface area contributed by atoms with Gasteiger partial charge in [-0.15, -0.1) is 11.3 Å². The van der Waals surface area contributed by atoms with E-state index in [9.17, 15) is 0 Å². The molecule has 0 amide bonds. The molecule has 9 aromatic rings. The first kappa shape index (κ1) is 22.8. The van der Waals surface area contributed by atoms with E-state index in [2.05, 4.69) is 146 Å². The third kappa shape index (κ3) is 3.33. The summed E-state index contributed by atoms with van der Waals surface area (Å²) in [5, 5.41) is 13.0. The fourth-order valence-corrected chi connectivity index (χ4v) is 8.10. The Bertz CT molecular complexity index is 2420. The Morgan fingerprint density at radius 2 is 0.951 bits per heavy atom. The van der Waals surface area contributed by atoms with Crippen molar-refractivity contribution in [3.63, 3.8) is 0 Å². The van der Waals surface area contributed by atoms with Gasteiger partial charge in [0.1, 0.15) is 0 Å². The van der Waals surface area contributed by atoms with Gasteiger partial charge in [-0.2, -0.15) is 0 Å². The van der Waals surface area contributed by atoms with Gasteiger partial charge in [0.25, 0.3) is 0 Å². The van der Waals surface area contributed by atoms with Crippen LogP contribution in [0, 0.1) is 0 Å². The number of thiophene rings is 1. The minimum absolute atomic E-state index is 1.26. The molecule has 0 aliphatic heterocycles. The highest BCUT2D eigenvalue weighted by molar-refractivity contribution is 7.26. The van der Waals surface area contributed by atoms with Gasteiger partial charge in [-0.1, -0.05) is 133 Å². The summed E-state index contributed by atoms with van der Waals surface area (Å²) < 4.78 is 2.70. The molecule has 41 heavy (non-hydrogen) atoms. The average Bonchev–Trinajstić information content (AvgIpc) is 3.43. The quantitative estimate of drug-likeness (QED) is 0.193. The van der Waals surface area contributed by atoms with Gasteiger partial charge in [0, 0.05) is 20.2 Å². The van der Waals surface area contributed by atoms with Crippen LogP contribution in [0.3, 0.4) is 0 Å². The summed E-state index contributed by atoms with van der Waals surface area (Å²) in [7, 11) is 0. The molecule has 1 aromatic heterocycles. The lowest BCUT2D eigenvalue weighted by atomic mass is 9.84. The monoisotopic (exact) mass is 536 g/mol. The Labute approximate surface area is 241 Å². The fraction of sp³-hybridized carbons (Fsp3) is 0. The summed E-state index contributed by atoms with van der Waals surface area (Å²) in [4.78, 5) is 0. The van der Waals surface area contributed by atoms with Crippen LogP contribution in [0.25, 0.3) is 85.5 Å². The van der Waals surface area contributed by atoms with Crippen LogP contribution >= 0.6 is 11.3 Å². The van der Waals surface area contributed by atoms with Gasteiger partial charge in [-0.3, -0.25) is 0 Å². The number of hydrogen-bond donors (Lipinski definition) is 0. The first-order valence-corrected chi connectivity index (χ1v) is 14.9. The van der Waals surface area contributed by atoms with Crippen molar-refractivity contribution >= 4 is 74.6 Å². The lowest BCUT2D eigenvalue weighted by molar-refractivity contribution is 1.69. The molecule has 0 atom stereocenters. The van der Waals surface area contributed by atoms with Crippen molar-refractivity contribution < 1.29 is 0 Å². The van der Waals surface area contributed by atoms with Crippen molar-refractivity contribution in [1.82, 2.24) is 0 Å². The molecule has 0 nitrogen and oxygen atoms in total. The standard InChI is InChI=1S/C40H24S/c1-2-12-27-24-28(21-20-25(27)10-1)37-30-14-5-7-16-32(30)38(33-17-8-6-15-31(33)37)34-18-9-19-36-39(34)35-23-22-26-11-3-4-13-29(26)40(35)41-36/h1-24H. The van der Waals surface area contributed by atoms with Gasteiger partial charge in [-0.25, -0.2) is 0 Å². The van der Waals surface area contributed by atoms with Crippen LogP contribution in [0.15, 0.2) is 146 Å². The van der Waals surface area contributed by atoms with E-state index in [-0.39, 0.29) is 0 Å². The van der Waals surface area contributed by atoms with Crippen molar-refractivity contribution in [2.24, 2.45) is 0 Å². The minimum Gasteiger partial charge on any atom is -0.135 e. The van der Waals surface area contributed by atoms with E-state index in [0.29, 0.717) is 0 Å². The lowest BCUT2D eigenvalue weighted by Gasteiger charge is -2.18. The fourth-order valence-electron chi connectivity index (χ4n) is 6.84. The number of hydrogen-bond acceptors (Lipinski definition) is 1. The molecule has 0 aliphatic rings. The highest BCUT2D eigenvalue weighted by Gasteiger charge is 2.20. The highest BCUT2D eigenvalue weighted by atomic mass is 32.1. The van der Waals surface area contributed by atoms with Gasteiger partial charge in [0.2, 0.25) is 0 Å². The molecule has 0 bridgehead atoms. The third-order valence-electron chi connectivity index (χ3n) is 8.63. The molecule has 9 rings (SSSR count). The van der Waals surface area contributed by atoms with E-state index in [0.717, 1.165) is 0 Å². The average molecular weight is 537 g/mol. The van der Waals surface area contributed by atoms with E-state index in [1.807, 2.05) is 11.3 Å². The molecule has 0 radical (unpaired) electrons. The van der Waals surface area contributed by atoms with Crippen molar-refractivity contribution in [1.29, 1.82) is 0 Å². The predicted octanol–water partition coefficient (Wildman–Crippen LogP) is 12.0. The Morgan fingerprint density at radius 1 is 0.366 bits per heavy atom. The van der Waals surface area contributed by atoms with E-state index in [4.69, 9.17) is 0 Å². The summed E-state index contributed by atoms with van der Waals surface area (Å²) in [5.74, 6) is 0. The molecule has 1 heteroatoms. The van der Waals surface area contributed by atoms with Crippen LogP contribution in [0.2, 0.25) is 0 Å². The Hall–Kier alpha value is -4.98. The smallest absolute Gasteiger partial charge is 0.0434 e. The van der Waals surface area contributed by atoms with E-state index in [1.165, 1.54) is 85.5 Å². The Morgan fingerprint density at radius 3 is 1.68 bits per heavy atom. The summed E-state index contributed by atoms with van der Waals surface area (Å²) in [5.41, 5.74) is 5.19. The van der Waals surface area contributed by atoms with Gasteiger partial charge < -0.3 is 0 Å². The van der Waals surface area contributed by atoms with Gasteiger partial charge in [0.15, 0.2) is 0 Å². The topological polar surface area (TPSA) is 0 Å². The highest BCUT2D eigenvalue weighted by Crippen LogP contribution is 2.48. The number of benzene rings is 8. The van der Waals surface area contributed by atoms with Crippen LogP contribution in [-0.2, 0) is 0 Å². The predicted molar refractivity (Wildman–Crippen MR) is 180 cm³/mol. The second-order valence-corrected chi connectivity index (χ2v) is 11.9. The number of fused-ring (bicyclic) bond motifs is 8. The molecular formula is C40H24S. The zero-order valence-electron chi connectivity index (χ0n) is 22.3. The number of rotatable bonds is 2. The molecule has 0 spiro atoms. The van der Waals surface area contributed by atoms with Gasteiger partial charge in [0.05, 0.1) is 0 Å². The van der Waals surface area contributed by atoms with Crippen molar-refractivity contribution in [3.05, 3.63) is 146 Å². The summed E-state index contributed by atoms with van der Waals surface area (Å²) in [6, 6.07) is 53.7. The zero-order chi connectivity index (χ0) is 26.9. The summed E-state index contributed by atoms with van der Waals surface area (Å²) in [6.45, 7) is 0. The molecule has 0 N–H and O–H groups in total. The van der Waals surface area contributed by atoms with E-state index in [1.54, 1.807) is 0 Å². The van der Waals surface area contributed by atoms with Crippen molar-refractivity contribution in [3.8, 4) is 22.3 Å². The minimum atomic E-state index is 1.26. The third-order valence-corrected chi connectivity index (χ3v) is 9.83. The summed E-state index contributed by atoms with van der Waals surface area (Å²) in [6.07, 6.45) is 0. The molecule has 0 saturated heterocycles. The van der Waals surface area contributed by atoms with Gasteiger partial charge >= 0.3 is 0 Å². The molecule has 0 unspecified atom stereocenters. The van der Waals surface area contributed by atoms with Crippen molar-refractivity contribution in [2.45, 2.75) is 0 Å². The zero-order valence-corrected chi connectivity index (χ0v) is 23.1. The van der Waals surface area contributed by atoms with Crippen molar-refractivity contribution in [2.75, 3.05) is 0 Å². The molecule has 190 valence electrons. The Kier molecular flexibility index (Phi) is 4.87. The first-order valence-electron chi connectivity index (χ1n) is 14.1. The first-order chi connectivity index (χ1) is 20.3. The van der Waals surface area contributed by atoms with Crippen LogP contribution in [0.4, 0.5) is 0 Å². The van der Waals surface area contributed by atoms with Crippen LogP contribution in [0.1, 0.15) is 0 Å². The normalized spacial score (nSPS) is 11.9. The largest absolute Gasteiger partial charge is 0.135 e. The van der Waals surface area contributed by atoms with E-state index >= 15 is 0 Å². The second-order valence-electron chi connectivity index (χ2n) is 10.8. The Balaban J connectivity index is 1.43. The summed E-state index contributed by atoms with van der Waals surface area (Å²) >= 11 is 1.91. The maximum atomic E-state index is 2.35. The van der Waals surface area contributed by atoms with Crippen LogP contribution < -0.4 is 0 Å². The maximum Gasteiger partial charge on any atom is 0.0434 e. The molecule has 0 saturated carbocycles. The van der Waals surface area contributed by atoms with Crippen LogP contribution in [0.5, 0.6) is 0 Å². The molecule has 0 fully saturated rings. The molecular weight excluding hydrogens is 513 g/mol. The van der Waals surface area contributed by atoms with Crippen LogP contribution in [-0.4, -0.2) is 0 Å².